The molecule has 2 aromatic carbocycles. The minimum atomic E-state index is -0.151. The summed E-state index contributed by atoms with van der Waals surface area (Å²) in [4.78, 5) is 24.1. The average molecular weight is 326 g/mol. The molecule has 126 valence electrons. The summed E-state index contributed by atoms with van der Waals surface area (Å²) in [5, 5.41) is 5.60. The van der Waals surface area contributed by atoms with Crippen molar-refractivity contribution < 1.29 is 14.3 Å². The molecule has 24 heavy (non-hydrogen) atoms. The predicted octanol–water partition coefficient (Wildman–Crippen LogP) is 3.15. The second-order valence-electron chi connectivity index (χ2n) is 5.30. The van der Waals surface area contributed by atoms with E-state index in [-0.39, 0.29) is 18.2 Å². The summed E-state index contributed by atoms with van der Waals surface area (Å²) < 4.78 is 5.51. The van der Waals surface area contributed by atoms with Crippen molar-refractivity contribution in [3.8, 4) is 5.75 Å². The normalized spacial score (nSPS) is 10.1. The Morgan fingerprint density at radius 1 is 1.04 bits per heavy atom. The van der Waals surface area contributed by atoms with Crippen LogP contribution in [-0.4, -0.2) is 25.0 Å². The van der Waals surface area contributed by atoms with Gasteiger partial charge in [0.25, 0.3) is 5.91 Å². The van der Waals surface area contributed by atoms with Crippen molar-refractivity contribution in [1.82, 2.24) is 5.32 Å². The maximum absolute atomic E-state index is 12.1. The van der Waals surface area contributed by atoms with Gasteiger partial charge in [0.05, 0.1) is 13.0 Å². The molecular formula is C19H22N2O3. The molecule has 0 bridgehead atoms. The number of amides is 2. The second-order valence-corrected chi connectivity index (χ2v) is 5.30. The maximum atomic E-state index is 12.1. The number of ether oxygens (including phenoxy) is 1. The van der Waals surface area contributed by atoms with E-state index in [1.807, 2.05) is 44.2 Å². The summed E-state index contributed by atoms with van der Waals surface area (Å²) in [6, 6.07) is 14.6. The Bertz CT molecular complexity index is 699. The molecule has 2 rings (SSSR count). The van der Waals surface area contributed by atoms with Crippen LogP contribution < -0.4 is 15.4 Å². The number of carbonyl (C=O) groups excluding carboxylic acids is 2. The maximum Gasteiger partial charge on any atom is 0.251 e. The van der Waals surface area contributed by atoms with Crippen LogP contribution in [0.5, 0.6) is 5.75 Å². The first-order valence-electron chi connectivity index (χ1n) is 7.97. The standard InChI is InChI=1S/C19H22N2O3/c1-3-20-19(23)16-10-7-11-17(14(16)2)21-18(22)12-13-24-15-8-5-4-6-9-15/h4-11H,3,12-13H2,1-2H3,(H,20,23)(H,21,22). The highest BCUT2D eigenvalue weighted by Crippen LogP contribution is 2.19. The molecule has 0 fully saturated rings. The molecule has 5 heteroatoms. The van der Waals surface area contributed by atoms with E-state index in [0.717, 1.165) is 11.3 Å². The van der Waals surface area contributed by atoms with Crippen LogP contribution in [0.1, 0.15) is 29.3 Å². The highest BCUT2D eigenvalue weighted by Gasteiger charge is 2.12. The third-order valence-corrected chi connectivity index (χ3v) is 3.53. The zero-order valence-corrected chi connectivity index (χ0v) is 14.0. The molecule has 0 heterocycles. The third-order valence-electron chi connectivity index (χ3n) is 3.53. The molecule has 0 radical (unpaired) electrons. The average Bonchev–Trinajstić information content (AvgIpc) is 2.58. The monoisotopic (exact) mass is 326 g/mol. The highest BCUT2D eigenvalue weighted by molar-refractivity contribution is 5.99. The van der Waals surface area contributed by atoms with Gasteiger partial charge in [-0.3, -0.25) is 9.59 Å². The van der Waals surface area contributed by atoms with Crippen LogP contribution in [0.3, 0.4) is 0 Å². The molecule has 0 saturated heterocycles. The number of hydrogen-bond donors (Lipinski definition) is 2. The Kier molecular flexibility index (Phi) is 6.37. The molecule has 0 aliphatic rings. The molecule has 0 atom stereocenters. The van der Waals surface area contributed by atoms with Gasteiger partial charge in [-0.1, -0.05) is 24.3 Å². The fourth-order valence-electron chi connectivity index (χ4n) is 2.26. The molecule has 0 aliphatic heterocycles. The van der Waals surface area contributed by atoms with E-state index in [1.54, 1.807) is 18.2 Å². The zero-order chi connectivity index (χ0) is 17.4. The van der Waals surface area contributed by atoms with Crippen molar-refractivity contribution in [3.63, 3.8) is 0 Å². The van der Waals surface area contributed by atoms with Gasteiger partial charge in [0.2, 0.25) is 5.91 Å². The Labute approximate surface area is 142 Å². The van der Waals surface area contributed by atoms with Crippen molar-refractivity contribution in [3.05, 3.63) is 59.7 Å². The number of rotatable bonds is 7. The van der Waals surface area contributed by atoms with E-state index in [2.05, 4.69) is 10.6 Å². The van der Waals surface area contributed by atoms with Gasteiger partial charge in [0.15, 0.2) is 0 Å². The van der Waals surface area contributed by atoms with Crippen LogP contribution >= 0.6 is 0 Å². The number of benzene rings is 2. The van der Waals surface area contributed by atoms with Crippen molar-refractivity contribution in [1.29, 1.82) is 0 Å². The van der Waals surface area contributed by atoms with Crippen molar-refractivity contribution in [2.24, 2.45) is 0 Å². The van der Waals surface area contributed by atoms with Gasteiger partial charge in [-0.15, -0.1) is 0 Å². The first-order valence-corrected chi connectivity index (χ1v) is 7.97. The zero-order valence-electron chi connectivity index (χ0n) is 14.0. The van der Waals surface area contributed by atoms with Crippen LogP contribution in [0.4, 0.5) is 5.69 Å². The largest absolute Gasteiger partial charge is 0.493 e. The molecule has 0 spiro atoms. The van der Waals surface area contributed by atoms with Gasteiger partial charge < -0.3 is 15.4 Å². The van der Waals surface area contributed by atoms with Gasteiger partial charge in [-0.05, 0) is 43.7 Å². The van der Waals surface area contributed by atoms with Gasteiger partial charge in [-0.2, -0.15) is 0 Å². The highest BCUT2D eigenvalue weighted by atomic mass is 16.5. The van der Waals surface area contributed by atoms with Gasteiger partial charge in [0, 0.05) is 17.8 Å². The number of anilines is 1. The summed E-state index contributed by atoms with van der Waals surface area (Å²) >= 11 is 0. The van der Waals surface area contributed by atoms with Crippen molar-refractivity contribution >= 4 is 17.5 Å². The molecule has 2 aromatic rings. The van der Waals surface area contributed by atoms with E-state index in [4.69, 9.17) is 4.74 Å². The molecule has 0 aliphatic carbocycles. The lowest BCUT2D eigenvalue weighted by molar-refractivity contribution is -0.116. The van der Waals surface area contributed by atoms with Crippen LogP contribution in [0.25, 0.3) is 0 Å². The Morgan fingerprint density at radius 2 is 1.79 bits per heavy atom. The molecule has 5 nitrogen and oxygen atoms in total. The number of para-hydroxylation sites is 1. The summed E-state index contributed by atoms with van der Waals surface area (Å²) in [5.74, 6) is 0.445. The molecule has 2 amide bonds. The number of nitrogens with one attached hydrogen (secondary N) is 2. The fourth-order valence-corrected chi connectivity index (χ4v) is 2.26. The van der Waals surface area contributed by atoms with Crippen LogP contribution in [-0.2, 0) is 4.79 Å². The summed E-state index contributed by atoms with van der Waals surface area (Å²) in [5.41, 5.74) is 1.96. The van der Waals surface area contributed by atoms with Crippen molar-refractivity contribution in [2.75, 3.05) is 18.5 Å². The molecule has 0 saturated carbocycles. The lowest BCUT2D eigenvalue weighted by Gasteiger charge is -2.12. The smallest absolute Gasteiger partial charge is 0.251 e. The summed E-state index contributed by atoms with van der Waals surface area (Å²) in [7, 11) is 0. The lowest BCUT2D eigenvalue weighted by atomic mass is 10.1. The first kappa shape index (κ1) is 17.5. The molecule has 2 N–H and O–H groups in total. The van der Waals surface area contributed by atoms with Gasteiger partial charge in [-0.25, -0.2) is 0 Å². The van der Waals surface area contributed by atoms with Gasteiger partial charge in [0.1, 0.15) is 5.75 Å². The molecular weight excluding hydrogens is 304 g/mol. The number of hydrogen-bond acceptors (Lipinski definition) is 3. The summed E-state index contributed by atoms with van der Waals surface area (Å²) in [6.07, 6.45) is 0.236. The Balaban J connectivity index is 1.91. The van der Waals surface area contributed by atoms with Crippen LogP contribution in [0.2, 0.25) is 0 Å². The Hall–Kier alpha value is -2.82. The Morgan fingerprint density at radius 3 is 2.50 bits per heavy atom. The quantitative estimate of drug-likeness (QED) is 0.821. The van der Waals surface area contributed by atoms with E-state index in [0.29, 0.717) is 24.4 Å². The predicted molar refractivity (Wildman–Crippen MR) is 94.4 cm³/mol. The minimum Gasteiger partial charge on any atom is -0.493 e. The lowest BCUT2D eigenvalue weighted by Crippen LogP contribution is -2.24. The summed E-state index contributed by atoms with van der Waals surface area (Å²) in [6.45, 7) is 4.54. The number of carbonyl (C=O) groups is 2. The fraction of sp³-hybridized carbons (Fsp3) is 0.263. The van der Waals surface area contributed by atoms with E-state index >= 15 is 0 Å². The van der Waals surface area contributed by atoms with Crippen molar-refractivity contribution in [2.45, 2.75) is 20.3 Å². The molecule has 0 aromatic heterocycles. The van der Waals surface area contributed by atoms with Crippen LogP contribution in [0, 0.1) is 6.92 Å². The van der Waals surface area contributed by atoms with E-state index in [1.165, 1.54) is 0 Å². The SMILES string of the molecule is CCNC(=O)c1cccc(NC(=O)CCOc2ccccc2)c1C. The van der Waals surface area contributed by atoms with Gasteiger partial charge >= 0.3 is 0 Å². The first-order chi connectivity index (χ1) is 11.6. The third kappa shape index (κ3) is 4.84. The van der Waals surface area contributed by atoms with E-state index in [9.17, 15) is 9.59 Å². The second kappa shape index (κ2) is 8.72. The van der Waals surface area contributed by atoms with Crippen LogP contribution in [0.15, 0.2) is 48.5 Å². The minimum absolute atomic E-state index is 0.140. The topological polar surface area (TPSA) is 67.4 Å². The molecule has 0 unspecified atom stereocenters. The van der Waals surface area contributed by atoms with E-state index < -0.39 is 0 Å².